The molecule has 0 saturated carbocycles. The lowest BCUT2D eigenvalue weighted by Crippen LogP contribution is -2.50. The molecule has 0 aliphatic carbocycles. The van der Waals surface area contributed by atoms with Gasteiger partial charge in [-0.05, 0) is 38.4 Å². The molecule has 0 spiro atoms. The average Bonchev–Trinajstić information content (AvgIpc) is 3.12. The molecular weight excluding hydrogens is 308 g/mol. The quantitative estimate of drug-likeness (QED) is 0.769. The third kappa shape index (κ3) is 3.99. The fraction of sp³-hybridized carbons (Fsp3) is 0.722. The first-order valence-electron chi connectivity index (χ1n) is 8.93. The minimum Gasteiger partial charge on any atom is -0.463 e. The molecule has 1 aromatic heterocycles. The Morgan fingerprint density at radius 3 is 2.83 bits per heavy atom. The van der Waals surface area contributed by atoms with Gasteiger partial charge in [0.15, 0.2) is 0 Å². The van der Waals surface area contributed by atoms with E-state index in [2.05, 4.69) is 16.7 Å². The molecule has 2 aliphatic rings. The third-order valence-corrected chi connectivity index (χ3v) is 5.17. The number of carbonyl (C=O) groups excluding carboxylic acids is 1. The summed E-state index contributed by atoms with van der Waals surface area (Å²) in [5, 5.41) is 0. The minimum absolute atomic E-state index is 0.162. The molecule has 0 N–H and O–H groups in total. The number of hydrogen-bond acceptors (Lipinski definition) is 6. The topological polar surface area (TPSA) is 55.2 Å². The molecule has 6 heteroatoms. The van der Waals surface area contributed by atoms with Crippen LogP contribution in [0.4, 0.5) is 0 Å². The molecular formula is C18H28N2O4. The van der Waals surface area contributed by atoms with Crippen LogP contribution in [0.25, 0.3) is 0 Å². The van der Waals surface area contributed by atoms with E-state index in [1.165, 1.54) is 26.4 Å². The number of carbonyl (C=O) groups is 1. The Bertz CT molecular complexity index is 539. The summed E-state index contributed by atoms with van der Waals surface area (Å²) in [4.78, 5) is 16.6. The van der Waals surface area contributed by atoms with Crippen molar-refractivity contribution >= 4 is 5.97 Å². The number of rotatable bonds is 5. The molecule has 3 heterocycles. The monoisotopic (exact) mass is 336 g/mol. The predicted molar refractivity (Wildman–Crippen MR) is 90.1 cm³/mol. The Labute approximate surface area is 143 Å². The first kappa shape index (κ1) is 17.5. The fourth-order valence-corrected chi connectivity index (χ4v) is 3.76. The van der Waals surface area contributed by atoms with Crippen molar-refractivity contribution in [2.75, 3.05) is 46.5 Å². The molecule has 2 fully saturated rings. The summed E-state index contributed by atoms with van der Waals surface area (Å²) < 4.78 is 15.9. The molecule has 1 aromatic rings. The number of furan rings is 1. The molecule has 2 aliphatic heterocycles. The standard InChI is InChI=1S/C18H28N2O4/c1-14(16-6-7-17(24-16)18(21)22-2)20-8-4-3-5-15(20)13-19-9-11-23-12-10-19/h6-7,14-15H,3-5,8-13H2,1-2H3/t14-,15-/m0/s1. The SMILES string of the molecule is COC(=O)c1ccc([C@H](C)N2CCCC[C@H]2CN2CCOCC2)o1. The number of ether oxygens (including phenoxy) is 2. The third-order valence-electron chi connectivity index (χ3n) is 5.17. The molecule has 0 aromatic carbocycles. The van der Waals surface area contributed by atoms with Gasteiger partial charge in [-0.25, -0.2) is 4.79 Å². The highest BCUT2D eigenvalue weighted by Crippen LogP contribution is 2.30. The molecule has 0 bridgehead atoms. The summed E-state index contributed by atoms with van der Waals surface area (Å²) in [6.07, 6.45) is 3.71. The van der Waals surface area contributed by atoms with E-state index in [9.17, 15) is 4.79 Å². The number of morpholine rings is 1. The molecule has 3 rings (SSSR count). The summed E-state index contributed by atoms with van der Waals surface area (Å²) >= 11 is 0. The number of likely N-dealkylation sites (tertiary alicyclic amines) is 1. The zero-order valence-electron chi connectivity index (χ0n) is 14.7. The van der Waals surface area contributed by atoms with Gasteiger partial charge in [0, 0.05) is 25.7 Å². The highest BCUT2D eigenvalue weighted by molar-refractivity contribution is 5.86. The molecule has 2 atom stereocenters. The van der Waals surface area contributed by atoms with E-state index in [0.29, 0.717) is 6.04 Å². The maximum absolute atomic E-state index is 11.6. The van der Waals surface area contributed by atoms with Crippen LogP contribution in [0.2, 0.25) is 0 Å². The van der Waals surface area contributed by atoms with Crippen molar-refractivity contribution in [3.05, 3.63) is 23.7 Å². The molecule has 0 amide bonds. The van der Waals surface area contributed by atoms with Gasteiger partial charge >= 0.3 is 5.97 Å². The van der Waals surface area contributed by atoms with Gasteiger partial charge in [-0.1, -0.05) is 6.42 Å². The summed E-state index contributed by atoms with van der Waals surface area (Å²) in [6.45, 7) is 8.03. The highest BCUT2D eigenvalue weighted by atomic mass is 16.5. The predicted octanol–water partition coefficient (Wildman–Crippen LogP) is 2.31. The van der Waals surface area contributed by atoms with E-state index >= 15 is 0 Å². The number of esters is 1. The van der Waals surface area contributed by atoms with E-state index in [4.69, 9.17) is 13.9 Å². The van der Waals surface area contributed by atoms with Crippen LogP contribution in [-0.4, -0.2) is 68.3 Å². The molecule has 6 nitrogen and oxygen atoms in total. The average molecular weight is 336 g/mol. The van der Waals surface area contributed by atoms with Crippen LogP contribution in [0.15, 0.2) is 16.5 Å². The van der Waals surface area contributed by atoms with Crippen molar-refractivity contribution in [2.24, 2.45) is 0 Å². The largest absolute Gasteiger partial charge is 0.463 e. The Balaban J connectivity index is 1.67. The van der Waals surface area contributed by atoms with Crippen molar-refractivity contribution in [1.82, 2.24) is 9.80 Å². The van der Waals surface area contributed by atoms with Crippen LogP contribution in [0.5, 0.6) is 0 Å². The first-order valence-corrected chi connectivity index (χ1v) is 8.93. The van der Waals surface area contributed by atoms with Gasteiger partial charge in [-0.2, -0.15) is 0 Å². The van der Waals surface area contributed by atoms with Gasteiger partial charge in [0.25, 0.3) is 0 Å². The molecule has 0 unspecified atom stereocenters. The second-order valence-corrected chi connectivity index (χ2v) is 6.67. The smallest absolute Gasteiger partial charge is 0.373 e. The molecule has 0 radical (unpaired) electrons. The van der Waals surface area contributed by atoms with Crippen molar-refractivity contribution in [2.45, 2.75) is 38.3 Å². The number of nitrogens with zero attached hydrogens (tertiary/aromatic N) is 2. The molecule has 24 heavy (non-hydrogen) atoms. The number of hydrogen-bond donors (Lipinski definition) is 0. The summed E-state index contributed by atoms with van der Waals surface area (Å²) in [5.41, 5.74) is 0. The minimum atomic E-state index is -0.419. The van der Waals surface area contributed by atoms with Crippen molar-refractivity contribution < 1.29 is 18.7 Å². The Hall–Kier alpha value is -1.37. The highest BCUT2D eigenvalue weighted by Gasteiger charge is 2.31. The van der Waals surface area contributed by atoms with Gasteiger partial charge in [-0.15, -0.1) is 0 Å². The van der Waals surface area contributed by atoms with E-state index in [0.717, 1.165) is 45.2 Å². The van der Waals surface area contributed by atoms with Gasteiger partial charge in [0.2, 0.25) is 5.76 Å². The summed E-state index contributed by atoms with van der Waals surface area (Å²) in [6, 6.07) is 4.30. The Morgan fingerprint density at radius 2 is 2.08 bits per heavy atom. The van der Waals surface area contributed by atoms with E-state index in [-0.39, 0.29) is 11.8 Å². The zero-order valence-corrected chi connectivity index (χ0v) is 14.7. The van der Waals surface area contributed by atoms with E-state index in [1.807, 2.05) is 6.07 Å². The summed E-state index contributed by atoms with van der Waals surface area (Å²) in [5.74, 6) is 0.697. The lowest BCUT2D eigenvalue weighted by atomic mass is 9.98. The van der Waals surface area contributed by atoms with Gasteiger partial charge < -0.3 is 13.9 Å². The van der Waals surface area contributed by atoms with Crippen LogP contribution in [0, 0.1) is 0 Å². The van der Waals surface area contributed by atoms with Crippen LogP contribution in [0.1, 0.15) is 48.5 Å². The second-order valence-electron chi connectivity index (χ2n) is 6.67. The van der Waals surface area contributed by atoms with Crippen LogP contribution in [-0.2, 0) is 9.47 Å². The maximum atomic E-state index is 11.6. The van der Waals surface area contributed by atoms with E-state index < -0.39 is 5.97 Å². The van der Waals surface area contributed by atoms with Crippen LogP contribution >= 0.6 is 0 Å². The number of piperidine rings is 1. The number of methoxy groups -OCH3 is 1. The molecule has 134 valence electrons. The van der Waals surface area contributed by atoms with Crippen LogP contribution < -0.4 is 0 Å². The van der Waals surface area contributed by atoms with Crippen molar-refractivity contribution in [1.29, 1.82) is 0 Å². The van der Waals surface area contributed by atoms with Gasteiger partial charge in [0.05, 0.1) is 26.4 Å². The lowest BCUT2D eigenvalue weighted by Gasteiger charge is -2.42. The van der Waals surface area contributed by atoms with Gasteiger partial charge in [-0.3, -0.25) is 9.80 Å². The Morgan fingerprint density at radius 1 is 1.29 bits per heavy atom. The lowest BCUT2D eigenvalue weighted by molar-refractivity contribution is 0.00685. The fourth-order valence-electron chi connectivity index (χ4n) is 3.76. The molecule has 2 saturated heterocycles. The summed E-state index contributed by atoms with van der Waals surface area (Å²) in [7, 11) is 1.37. The van der Waals surface area contributed by atoms with Crippen LogP contribution in [0.3, 0.4) is 0 Å². The maximum Gasteiger partial charge on any atom is 0.373 e. The van der Waals surface area contributed by atoms with Crippen molar-refractivity contribution in [3.63, 3.8) is 0 Å². The zero-order chi connectivity index (χ0) is 16.9. The second kappa shape index (κ2) is 8.14. The normalized spacial score (nSPS) is 24.7. The van der Waals surface area contributed by atoms with Gasteiger partial charge in [0.1, 0.15) is 5.76 Å². The van der Waals surface area contributed by atoms with E-state index in [1.54, 1.807) is 6.07 Å². The Kier molecular flexibility index (Phi) is 5.92. The van der Waals surface area contributed by atoms with Crippen molar-refractivity contribution in [3.8, 4) is 0 Å². The first-order chi connectivity index (χ1) is 11.7.